The summed E-state index contributed by atoms with van der Waals surface area (Å²) in [5.41, 5.74) is 1.54. The molecule has 0 spiro atoms. The van der Waals surface area contributed by atoms with Gasteiger partial charge in [0, 0.05) is 12.7 Å². The Labute approximate surface area is 135 Å². The number of anilines is 2. The molecule has 0 radical (unpaired) electrons. The number of hydrogen-bond donors (Lipinski definition) is 1. The van der Waals surface area contributed by atoms with Gasteiger partial charge in [-0.05, 0) is 36.4 Å². The molecule has 1 amide bonds. The third kappa shape index (κ3) is 3.87. The van der Waals surface area contributed by atoms with Crippen LogP contribution in [0.2, 0.25) is 0 Å². The van der Waals surface area contributed by atoms with E-state index in [1.165, 1.54) is 7.05 Å². The third-order valence-corrected chi connectivity index (χ3v) is 4.45. The van der Waals surface area contributed by atoms with Crippen LogP contribution in [0.25, 0.3) is 0 Å². The van der Waals surface area contributed by atoms with Crippen molar-refractivity contribution in [3.05, 3.63) is 59.7 Å². The Balaban J connectivity index is 2.31. The van der Waals surface area contributed by atoms with Gasteiger partial charge < -0.3 is 5.32 Å². The van der Waals surface area contributed by atoms with Crippen LogP contribution in [0.1, 0.15) is 15.9 Å². The second-order valence-electron chi connectivity index (χ2n) is 4.89. The van der Waals surface area contributed by atoms with Crippen LogP contribution in [0, 0.1) is 11.3 Å². The highest BCUT2D eigenvalue weighted by Crippen LogP contribution is 2.22. The van der Waals surface area contributed by atoms with Gasteiger partial charge >= 0.3 is 0 Å². The number of nitrogens with zero attached hydrogens (tertiary/aromatic N) is 2. The zero-order chi connectivity index (χ0) is 17.0. The lowest BCUT2D eigenvalue weighted by atomic mass is 10.1. The van der Waals surface area contributed by atoms with Crippen molar-refractivity contribution in [2.24, 2.45) is 0 Å². The molecule has 0 bridgehead atoms. The first-order valence-corrected chi connectivity index (χ1v) is 8.52. The summed E-state index contributed by atoms with van der Waals surface area (Å²) in [4.78, 5) is 12.4. The van der Waals surface area contributed by atoms with Crippen LogP contribution in [-0.2, 0) is 10.0 Å². The first-order chi connectivity index (χ1) is 10.8. The van der Waals surface area contributed by atoms with E-state index in [9.17, 15) is 13.2 Å². The van der Waals surface area contributed by atoms with Crippen molar-refractivity contribution in [3.63, 3.8) is 0 Å². The summed E-state index contributed by atoms with van der Waals surface area (Å²) in [6, 6.07) is 14.8. The fraction of sp³-hybridized carbons (Fsp3) is 0.125. The maximum absolute atomic E-state index is 12.4. The summed E-state index contributed by atoms with van der Waals surface area (Å²) >= 11 is 0. The number of sulfonamides is 1. The van der Waals surface area contributed by atoms with E-state index in [0.717, 1.165) is 10.6 Å². The van der Waals surface area contributed by atoms with Gasteiger partial charge in [0.25, 0.3) is 5.91 Å². The van der Waals surface area contributed by atoms with Gasteiger partial charge in [-0.25, -0.2) is 8.42 Å². The molecule has 0 aliphatic carbocycles. The van der Waals surface area contributed by atoms with Crippen molar-refractivity contribution >= 4 is 27.3 Å². The molecule has 1 N–H and O–H groups in total. The minimum Gasteiger partial charge on any atom is -0.322 e. The number of nitrogens with one attached hydrogen (secondary N) is 1. The second-order valence-corrected chi connectivity index (χ2v) is 6.90. The number of hydrogen-bond acceptors (Lipinski definition) is 4. The number of rotatable bonds is 4. The average molecular weight is 329 g/mol. The standard InChI is InChI=1S/C16H15N3O3S/c1-19(23(2,21)22)15-6-4-3-5-14(15)16(20)18-13-9-7-12(11-17)8-10-13/h3-10H,1-2H3,(H,18,20). The highest BCUT2D eigenvalue weighted by molar-refractivity contribution is 7.92. The van der Waals surface area contributed by atoms with Crippen molar-refractivity contribution in [2.75, 3.05) is 22.9 Å². The van der Waals surface area contributed by atoms with Crippen molar-refractivity contribution in [2.45, 2.75) is 0 Å². The van der Waals surface area contributed by atoms with Crippen LogP contribution in [0.15, 0.2) is 48.5 Å². The van der Waals surface area contributed by atoms with Crippen LogP contribution >= 0.6 is 0 Å². The van der Waals surface area contributed by atoms with Gasteiger partial charge in [-0.2, -0.15) is 5.26 Å². The summed E-state index contributed by atoms with van der Waals surface area (Å²) < 4.78 is 24.5. The number of amides is 1. The Kier molecular flexibility index (Phi) is 4.67. The van der Waals surface area contributed by atoms with Crippen LogP contribution in [0.3, 0.4) is 0 Å². The molecule has 2 aromatic rings. The van der Waals surface area contributed by atoms with Crippen molar-refractivity contribution < 1.29 is 13.2 Å². The van der Waals surface area contributed by atoms with Gasteiger partial charge in [-0.15, -0.1) is 0 Å². The molecular weight excluding hydrogens is 314 g/mol. The average Bonchev–Trinajstić information content (AvgIpc) is 2.54. The fourth-order valence-corrected chi connectivity index (χ4v) is 2.46. The number of carbonyl (C=O) groups is 1. The molecule has 2 aromatic carbocycles. The molecule has 23 heavy (non-hydrogen) atoms. The fourth-order valence-electron chi connectivity index (χ4n) is 1.95. The lowest BCUT2D eigenvalue weighted by Crippen LogP contribution is -2.27. The topological polar surface area (TPSA) is 90.3 Å². The lowest BCUT2D eigenvalue weighted by Gasteiger charge is -2.19. The zero-order valence-corrected chi connectivity index (χ0v) is 13.5. The Morgan fingerprint density at radius 1 is 1.13 bits per heavy atom. The number of para-hydroxylation sites is 1. The van der Waals surface area contributed by atoms with E-state index in [1.54, 1.807) is 48.5 Å². The summed E-state index contributed by atoms with van der Waals surface area (Å²) in [6.07, 6.45) is 1.07. The molecule has 0 saturated heterocycles. The van der Waals surface area contributed by atoms with E-state index in [4.69, 9.17) is 5.26 Å². The molecule has 0 heterocycles. The molecule has 2 rings (SSSR count). The highest BCUT2D eigenvalue weighted by atomic mass is 32.2. The molecule has 0 aliphatic heterocycles. The van der Waals surface area contributed by atoms with E-state index >= 15 is 0 Å². The first-order valence-electron chi connectivity index (χ1n) is 6.67. The Hall–Kier alpha value is -2.85. The van der Waals surface area contributed by atoms with Crippen molar-refractivity contribution in [1.29, 1.82) is 5.26 Å². The van der Waals surface area contributed by atoms with Gasteiger partial charge in [0.1, 0.15) is 0 Å². The van der Waals surface area contributed by atoms with Crippen LogP contribution in [0.5, 0.6) is 0 Å². The van der Waals surface area contributed by atoms with Gasteiger partial charge in [-0.3, -0.25) is 9.10 Å². The van der Waals surface area contributed by atoms with E-state index in [0.29, 0.717) is 16.9 Å². The van der Waals surface area contributed by atoms with E-state index in [1.807, 2.05) is 6.07 Å². The molecule has 118 valence electrons. The van der Waals surface area contributed by atoms with E-state index in [-0.39, 0.29) is 5.56 Å². The SMILES string of the molecule is CN(c1ccccc1C(=O)Nc1ccc(C#N)cc1)S(C)(=O)=O. The number of benzene rings is 2. The lowest BCUT2D eigenvalue weighted by molar-refractivity contribution is 0.102. The minimum absolute atomic E-state index is 0.241. The van der Waals surface area contributed by atoms with Crippen LogP contribution in [-0.4, -0.2) is 27.6 Å². The molecule has 7 heteroatoms. The van der Waals surface area contributed by atoms with Crippen molar-refractivity contribution in [3.8, 4) is 6.07 Å². The quantitative estimate of drug-likeness (QED) is 0.931. The Bertz CT molecular complexity index is 868. The maximum atomic E-state index is 12.4. The predicted molar refractivity (Wildman–Crippen MR) is 88.8 cm³/mol. The summed E-state index contributed by atoms with van der Waals surface area (Å²) in [7, 11) is -2.08. The van der Waals surface area contributed by atoms with Crippen molar-refractivity contribution in [1.82, 2.24) is 0 Å². The van der Waals surface area contributed by atoms with E-state index in [2.05, 4.69) is 5.32 Å². The summed E-state index contributed by atoms with van der Waals surface area (Å²) in [5.74, 6) is -0.430. The minimum atomic E-state index is -3.48. The third-order valence-electron chi connectivity index (χ3n) is 3.26. The Morgan fingerprint density at radius 3 is 2.30 bits per heavy atom. The van der Waals surface area contributed by atoms with Gasteiger partial charge in [0.15, 0.2) is 0 Å². The molecule has 0 saturated carbocycles. The maximum Gasteiger partial charge on any atom is 0.257 e. The summed E-state index contributed by atoms with van der Waals surface area (Å²) in [5, 5.41) is 11.4. The van der Waals surface area contributed by atoms with Gasteiger partial charge in [0.2, 0.25) is 10.0 Å². The monoisotopic (exact) mass is 329 g/mol. The predicted octanol–water partition coefficient (Wildman–Crippen LogP) is 2.21. The number of nitriles is 1. The Morgan fingerprint density at radius 2 is 1.74 bits per heavy atom. The highest BCUT2D eigenvalue weighted by Gasteiger charge is 2.19. The number of carbonyl (C=O) groups excluding carboxylic acids is 1. The largest absolute Gasteiger partial charge is 0.322 e. The van der Waals surface area contributed by atoms with Gasteiger partial charge in [-0.1, -0.05) is 12.1 Å². The zero-order valence-electron chi connectivity index (χ0n) is 12.6. The molecule has 0 fully saturated rings. The molecule has 0 unspecified atom stereocenters. The molecule has 0 aromatic heterocycles. The summed E-state index contributed by atoms with van der Waals surface area (Å²) in [6.45, 7) is 0. The second kappa shape index (κ2) is 6.50. The van der Waals surface area contributed by atoms with Crippen LogP contribution in [0.4, 0.5) is 11.4 Å². The van der Waals surface area contributed by atoms with Gasteiger partial charge in [0.05, 0.1) is 29.1 Å². The smallest absolute Gasteiger partial charge is 0.257 e. The normalized spacial score (nSPS) is 10.7. The molecule has 6 nitrogen and oxygen atoms in total. The van der Waals surface area contributed by atoms with Crippen LogP contribution < -0.4 is 9.62 Å². The molecule has 0 aliphatic rings. The molecule has 0 atom stereocenters. The first kappa shape index (κ1) is 16.5. The molecular formula is C16H15N3O3S. The van der Waals surface area contributed by atoms with E-state index < -0.39 is 15.9 Å².